The number of hydrogen-bond donors (Lipinski definition) is 2. The van der Waals surface area contributed by atoms with E-state index in [2.05, 4.69) is 10.6 Å². The van der Waals surface area contributed by atoms with Crippen LogP contribution in [-0.2, 0) is 11.2 Å². The monoisotopic (exact) mass is 349 g/mol. The van der Waals surface area contributed by atoms with Gasteiger partial charge in [-0.1, -0.05) is 24.3 Å². The average Bonchev–Trinajstić information content (AvgIpc) is 2.66. The third-order valence-corrected chi connectivity index (χ3v) is 4.18. The first-order chi connectivity index (χ1) is 12.5. The van der Waals surface area contributed by atoms with E-state index >= 15 is 0 Å². The Hall–Kier alpha value is -3.26. The zero-order valence-corrected chi connectivity index (χ0v) is 15.3. The largest absolute Gasteiger partial charge is 0.497 e. The van der Waals surface area contributed by atoms with E-state index < -0.39 is 5.91 Å². The van der Waals surface area contributed by atoms with Gasteiger partial charge in [0.2, 0.25) is 0 Å². The fraction of sp³-hybridized carbons (Fsp3) is 0.238. The van der Waals surface area contributed by atoms with Crippen molar-refractivity contribution in [2.24, 2.45) is 0 Å². The first-order valence-corrected chi connectivity index (χ1v) is 8.39. The summed E-state index contributed by atoms with van der Waals surface area (Å²) in [5, 5.41) is 15.1. The van der Waals surface area contributed by atoms with Crippen molar-refractivity contribution in [1.82, 2.24) is 5.32 Å². The molecule has 0 aliphatic heterocycles. The molecular weight excluding hydrogens is 326 g/mol. The lowest BCUT2D eigenvalue weighted by Gasteiger charge is -2.10. The fourth-order valence-electron chi connectivity index (χ4n) is 2.41. The third-order valence-electron chi connectivity index (χ3n) is 4.18. The summed E-state index contributed by atoms with van der Waals surface area (Å²) >= 11 is 0. The number of nitriles is 1. The number of anilines is 1. The molecule has 2 aromatic rings. The van der Waals surface area contributed by atoms with E-state index in [0.29, 0.717) is 6.54 Å². The van der Waals surface area contributed by atoms with Gasteiger partial charge in [-0.3, -0.25) is 4.79 Å². The molecule has 0 spiro atoms. The Morgan fingerprint density at radius 1 is 1.19 bits per heavy atom. The lowest BCUT2D eigenvalue weighted by molar-refractivity contribution is -0.112. The van der Waals surface area contributed by atoms with Crippen molar-refractivity contribution in [2.45, 2.75) is 20.3 Å². The predicted octanol–water partition coefficient (Wildman–Crippen LogP) is 3.49. The second kappa shape index (κ2) is 9.28. The highest BCUT2D eigenvalue weighted by Crippen LogP contribution is 2.18. The van der Waals surface area contributed by atoms with Crippen molar-refractivity contribution in [2.75, 3.05) is 19.0 Å². The van der Waals surface area contributed by atoms with Crippen LogP contribution in [0.25, 0.3) is 0 Å². The minimum absolute atomic E-state index is 0.0423. The van der Waals surface area contributed by atoms with E-state index in [9.17, 15) is 10.1 Å². The molecule has 0 fully saturated rings. The Morgan fingerprint density at radius 3 is 2.58 bits per heavy atom. The first kappa shape index (κ1) is 19.1. The van der Waals surface area contributed by atoms with Crippen LogP contribution in [0.5, 0.6) is 5.75 Å². The Bertz CT molecular complexity index is 833. The molecule has 0 aliphatic carbocycles. The van der Waals surface area contributed by atoms with Crippen LogP contribution in [0, 0.1) is 25.2 Å². The lowest BCUT2D eigenvalue weighted by Crippen LogP contribution is -2.18. The zero-order chi connectivity index (χ0) is 18.9. The molecule has 26 heavy (non-hydrogen) atoms. The van der Waals surface area contributed by atoms with Crippen LogP contribution in [-0.4, -0.2) is 19.6 Å². The molecule has 134 valence electrons. The van der Waals surface area contributed by atoms with Gasteiger partial charge in [-0.25, -0.2) is 0 Å². The molecule has 2 rings (SSSR count). The lowest BCUT2D eigenvalue weighted by atomic mass is 10.1. The van der Waals surface area contributed by atoms with E-state index in [1.807, 2.05) is 62.4 Å². The van der Waals surface area contributed by atoms with E-state index in [-0.39, 0.29) is 5.57 Å². The molecule has 0 radical (unpaired) electrons. The van der Waals surface area contributed by atoms with Gasteiger partial charge in [-0.15, -0.1) is 0 Å². The summed E-state index contributed by atoms with van der Waals surface area (Å²) in [6.07, 6.45) is 2.24. The topological polar surface area (TPSA) is 74.1 Å². The maximum atomic E-state index is 12.3. The molecule has 0 bridgehead atoms. The molecule has 0 unspecified atom stereocenters. The van der Waals surface area contributed by atoms with Crippen LogP contribution in [0.1, 0.15) is 16.7 Å². The van der Waals surface area contributed by atoms with Gasteiger partial charge in [-0.2, -0.15) is 5.26 Å². The zero-order valence-electron chi connectivity index (χ0n) is 15.3. The van der Waals surface area contributed by atoms with Crippen LogP contribution in [0.4, 0.5) is 5.69 Å². The molecule has 1 amide bonds. The van der Waals surface area contributed by atoms with Crippen molar-refractivity contribution in [3.63, 3.8) is 0 Å². The van der Waals surface area contributed by atoms with Crippen LogP contribution >= 0.6 is 0 Å². The second-order valence-electron chi connectivity index (χ2n) is 5.92. The summed E-state index contributed by atoms with van der Waals surface area (Å²) in [6.45, 7) is 4.54. The number of nitrogens with zero attached hydrogens (tertiary/aromatic N) is 1. The summed E-state index contributed by atoms with van der Waals surface area (Å²) in [5.41, 5.74) is 3.98. The number of rotatable bonds is 7. The van der Waals surface area contributed by atoms with Crippen molar-refractivity contribution in [1.29, 1.82) is 5.26 Å². The Morgan fingerprint density at radius 2 is 1.92 bits per heavy atom. The number of aryl methyl sites for hydroxylation is 1. The number of ether oxygens (including phenoxy) is 1. The van der Waals surface area contributed by atoms with Crippen LogP contribution < -0.4 is 15.4 Å². The predicted molar refractivity (Wildman–Crippen MR) is 103 cm³/mol. The number of carbonyl (C=O) groups excluding carboxylic acids is 1. The van der Waals surface area contributed by atoms with E-state index in [1.54, 1.807) is 7.11 Å². The van der Waals surface area contributed by atoms with Crippen molar-refractivity contribution in [3.05, 3.63) is 70.9 Å². The van der Waals surface area contributed by atoms with Crippen LogP contribution in [0.15, 0.2) is 54.2 Å². The Balaban J connectivity index is 1.91. The summed E-state index contributed by atoms with van der Waals surface area (Å²) in [6, 6.07) is 15.4. The van der Waals surface area contributed by atoms with Gasteiger partial charge in [0.1, 0.15) is 17.4 Å². The SMILES string of the molecule is COc1ccc(CCN/C=C(/C#N)C(=O)Nc2cccc(C)c2C)cc1. The summed E-state index contributed by atoms with van der Waals surface area (Å²) in [7, 11) is 1.63. The molecule has 0 aliphatic rings. The van der Waals surface area contributed by atoms with Gasteiger partial charge in [0, 0.05) is 18.4 Å². The summed E-state index contributed by atoms with van der Waals surface area (Å²) in [4.78, 5) is 12.3. The normalized spacial score (nSPS) is 10.8. The third kappa shape index (κ3) is 5.12. The molecule has 2 aromatic carbocycles. The Labute approximate surface area is 154 Å². The molecule has 0 heterocycles. The molecule has 0 saturated carbocycles. The number of methoxy groups -OCH3 is 1. The minimum Gasteiger partial charge on any atom is -0.497 e. The van der Waals surface area contributed by atoms with Gasteiger partial charge in [0.05, 0.1) is 7.11 Å². The van der Waals surface area contributed by atoms with Gasteiger partial charge in [0.15, 0.2) is 0 Å². The molecule has 0 saturated heterocycles. The Kier molecular flexibility index (Phi) is 6.81. The number of amides is 1. The van der Waals surface area contributed by atoms with Gasteiger partial charge >= 0.3 is 0 Å². The molecular formula is C21H23N3O2. The number of hydrogen-bond acceptors (Lipinski definition) is 4. The maximum absolute atomic E-state index is 12.3. The summed E-state index contributed by atoms with van der Waals surface area (Å²) in [5.74, 6) is 0.398. The minimum atomic E-state index is -0.418. The highest BCUT2D eigenvalue weighted by Gasteiger charge is 2.11. The van der Waals surface area contributed by atoms with Gasteiger partial charge in [0.25, 0.3) is 5.91 Å². The molecule has 5 heteroatoms. The van der Waals surface area contributed by atoms with Gasteiger partial charge < -0.3 is 15.4 Å². The molecule has 2 N–H and O–H groups in total. The smallest absolute Gasteiger partial charge is 0.267 e. The van der Waals surface area contributed by atoms with Gasteiger partial charge in [-0.05, 0) is 55.2 Å². The fourth-order valence-corrected chi connectivity index (χ4v) is 2.41. The molecule has 0 aromatic heterocycles. The van der Waals surface area contributed by atoms with Crippen molar-refractivity contribution >= 4 is 11.6 Å². The number of carbonyl (C=O) groups is 1. The van der Waals surface area contributed by atoms with E-state index in [0.717, 1.165) is 34.5 Å². The van der Waals surface area contributed by atoms with E-state index in [4.69, 9.17) is 4.74 Å². The van der Waals surface area contributed by atoms with Crippen LogP contribution in [0.2, 0.25) is 0 Å². The second-order valence-corrected chi connectivity index (χ2v) is 5.92. The summed E-state index contributed by atoms with van der Waals surface area (Å²) < 4.78 is 5.13. The standard InChI is InChI=1S/C21H23N3O2/c1-15-5-4-6-20(16(15)2)24-21(25)18(13-22)14-23-12-11-17-7-9-19(26-3)10-8-17/h4-10,14,23H,11-12H2,1-3H3,(H,24,25)/b18-14-. The maximum Gasteiger partial charge on any atom is 0.267 e. The van der Waals surface area contributed by atoms with Crippen molar-refractivity contribution < 1.29 is 9.53 Å². The van der Waals surface area contributed by atoms with Crippen molar-refractivity contribution in [3.8, 4) is 11.8 Å². The highest BCUT2D eigenvalue weighted by molar-refractivity contribution is 6.06. The van der Waals surface area contributed by atoms with Crippen LogP contribution in [0.3, 0.4) is 0 Å². The highest BCUT2D eigenvalue weighted by atomic mass is 16.5. The first-order valence-electron chi connectivity index (χ1n) is 8.39. The molecule has 5 nitrogen and oxygen atoms in total. The number of nitrogens with one attached hydrogen (secondary N) is 2. The average molecular weight is 349 g/mol. The molecule has 0 atom stereocenters. The van der Waals surface area contributed by atoms with E-state index in [1.165, 1.54) is 6.20 Å². The number of benzene rings is 2. The quantitative estimate of drug-likeness (QED) is 0.456.